The monoisotopic (exact) mass is 330 g/mol. The van der Waals surface area contributed by atoms with Gasteiger partial charge in [0.1, 0.15) is 24.4 Å². The third-order valence-electron chi connectivity index (χ3n) is 4.79. The zero-order valence-electron chi connectivity index (χ0n) is 13.7. The summed E-state index contributed by atoms with van der Waals surface area (Å²) in [6.45, 7) is 5.52. The molecule has 0 spiro atoms. The Morgan fingerprint density at radius 2 is 1.91 bits per heavy atom. The van der Waals surface area contributed by atoms with Crippen molar-refractivity contribution < 1.29 is 34.7 Å². The van der Waals surface area contributed by atoms with Crippen LogP contribution in [0, 0.1) is 11.3 Å². The van der Waals surface area contributed by atoms with Crippen LogP contribution in [0.2, 0.25) is 0 Å². The highest BCUT2D eigenvalue weighted by atomic mass is 16.7. The molecule has 0 saturated carbocycles. The van der Waals surface area contributed by atoms with Gasteiger partial charge in [-0.2, -0.15) is 0 Å². The molecule has 0 amide bonds. The van der Waals surface area contributed by atoms with E-state index in [9.17, 15) is 25.2 Å². The average Bonchev–Trinajstić information content (AvgIpc) is 2.45. The van der Waals surface area contributed by atoms with Crippen molar-refractivity contribution in [3.63, 3.8) is 0 Å². The maximum atomic E-state index is 11.7. The minimum absolute atomic E-state index is 0.0347. The van der Waals surface area contributed by atoms with Crippen LogP contribution in [0.25, 0.3) is 0 Å². The predicted molar refractivity (Wildman–Crippen MR) is 80.4 cm³/mol. The third-order valence-corrected chi connectivity index (χ3v) is 4.79. The molecule has 6 atom stereocenters. The van der Waals surface area contributed by atoms with Crippen molar-refractivity contribution in [3.8, 4) is 0 Å². The average molecular weight is 330 g/mol. The molecule has 0 bridgehead atoms. The van der Waals surface area contributed by atoms with E-state index in [2.05, 4.69) is 0 Å². The summed E-state index contributed by atoms with van der Waals surface area (Å²) in [6.07, 6.45) is -4.39. The zero-order valence-corrected chi connectivity index (χ0v) is 13.7. The van der Waals surface area contributed by atoms with E-state index in [1.807, 2.05) is 20.8 Å². The van der Waals surface area contributed by atoms with Crippen molar-refractivity contribution in [1.29, 1.82) is 0 Å². The molecule has 1 saturated heterocycles. The quantitative estimate of drug-likeness (QED) is 0.542. The van der Waals surface area contributed by atoms with Gasteiger partial charge in [0.15, 0.2) is 12.1 Å². The second-order valence-corrected chi connectivity index (χ2v) is 7.10. The van der Waals surface area contributed by atoms with Gasteiger partial charge in [0.05, 0.1) is 13.2 Å². The molecule has 2 aliphatic rings. The fraction of sp³-hybridized carbons (Fsp3) is 0.812. The van der Waals surface area contributed by atoms with Crippen LogP contribution in [0.4, 0.5) is 0 Å². The maximum Gasteiger partial charge on any atom is 0.186 e. The van der Waals surface area contributed by atoms with E-state index in [4.69, 9.17) is 9.47 Å². The second-order valence-electron chi connectivity index (χ2n) is 7.10. The molecule has 1 unspecified atom stereocenters. The van der Waals surface area contributed by atoms with Crippen LogP contribution in [0.1, 0.15) is 27.2 Å². The summed E-state index contributed by atoms with van der Waals surface area (Å²) in [5, 5.41) is 38.7. The Morgan fingerprint density at radius 1 is 1.26 bits per heavy atom. The largest absolute Gasteiger partial charge is 0.394 e. The number of allylic oxidation sites excluding steroid dienone is 1. The van der Waals surface area contributed by atoms with Crippen molar-refractivity contribution >= 4 is 5.78 Å². The Labute approximate surface area is 135 Å². The Hall–Kier alpha value is -0.830. The van der Waals surface area contributed by atoms with Crippen LogP contribution >= 0.6 is 0 Å². The molecule has 132 valence electrons. The lowest BCUT2D eigenvalue weighted by atomic mass is 9.68. The highest BCUT2D eigenvalue weighted by molar-refractivity contribution is 5.91. The number of aliphatic hydroxyl groups excluding tert-OH is 4. The lowest BCUT2D eigenvalue weighted by Gasteiger charge is -2.42. The minimum atomic E-state index is -1.46. The number of aliphatic hydroxyl groups is 4. The maximum absolute atomic E-state index is 11.7. The first-order chi connectivity index (χ1) is 10.7. The summed E-state index contributed by atoms with van der Waals surface area (Å²) in [6, 6.07) is 0. The Morgan fingerprint density at radius 3 is 2.48 bits per heavy atom. The zero-order chi connectivity index (χ0) is 17.4. The molecular weight excluding hydrogens is 304 g/mol. The fourth-order valence-corrected chi connectivity index (χ4v) is 3.35. The number of hydrogen-bond acceptors (Lipinski definition) is 7. The van der Waals surface area contributed by atoms with Gasteiger partial charge in [-0.3, -0.25) is 4.79 Å². The van der Waals surface area contributed by atoms with Crippen LogP contribution in [-0.2, 0) is 14.3 Å². The van der Waals surface area contributed by atoms with Gasteiger partial charge in [0.25, 0.3) is 0 Å². The van der Waals surface area contributed by atoms with Crippen LogP contribution in [0.5, 0.6) is 0 Å². The lowest BCUT2D eigenvalue weighted by Crippen LogP contribution is -2.59. The van der Waals surface area contributed by atoms with Crippen LogP contribution in [0.15, 0.2) is 11.6 Å². The van der Waals surface area contributed by atoms with Gasteiger partial charge in [0, 0.05) is 12.3 Å². The molecule has 0 aromatic heterocycles. The normalized spacial score (nSPS) is 40.8. The summed E-state index contributed by atoms with van der Waals surface area (Å²) in [4.78, 5) is 11.7. The van der Waals surface area contributed by atoms with E-state index >= 15 is 0 Å². The molecule has 7 heteroatoms. The number of hydrogen-bond donors (Lipinski definition) is 4. The van der Waals surface area contributed by atoms with Crippen LogP contribution < -0.4 is 0 Å². The SMILES string of the molecule is CC1=CC(=O)CC(C)(C)C1CO[C@@H]1O[C@H](CO)[C@@H](O)[C@H](O)[C@H]1O. The molecular formula is C16H26O7. The third kappa shape index (κ3) is 3.81. The number of ketones is 1. The number of ether oxygens (including phenoxy) is 2. The van der Waals surface area contributed by atoms with E-state index < -0.39 is 37.3 Å². The smallest absolute Gasteiger partial charge is 0.186 e. The van der Waals surface area contributed by atoms with Gasteiger partial charge < -0.3 is 29.9 Å². The summed E-state index contributed by atoms with van der Waals surface area (Å²) in [5.74, 6) is 0.0455. The molecule has 0 aromatic rings. The first kappa shape index (κ1) is 18.5. The number of carbonyl (C=O) groups excluding carboxylic acids is 1. The Kier molecular flexibility index (Phi) is 5.60. The number of rotatable bonds is 4. The summed E-state index contributed by atoms with van der Waals surface area (Å²) in [7, 11) is 0. The highest BCUT2D eigenvalue weighted by Crippen LogP contribution is 2.40. The van der Waals surface area contributed by atoms with Gasteiger partial charge >= 0.3 is 0 Å². The first-order valence-electron chi connectivity index (χ1n) is 7.80. The van der Waals surface area contributed by atoms with Gasteiger partial charge in [-0.05, 0) is 18.4 Å². The summed E-state index contributed by atoms with van der Waals surface area (Å²) >= 11 is 0. The molecule has 7 nitrogen and oxygen atoms in total. The molecule has 2 rings (SSSR count). The van der Waals surface area contributed by atoms with Gasteiger partial charge in [-0.25, -0.2) is 0 Å². The van der Waals surface area contributed by atoms with E-state index in [-0.39, 0.29) is 23.7 Å². The van der Waals surface area contributed by atoms with E-state index in [1.165, 1.54) is 0 Å². The standard InChI is InChI=1S/C16H26O7/c1-8-4-9(18)5-16(2,3)10(8)7-22-15-14(21)13(20)12(19)11(6-17)23-15/h4,10-15,17,19-21H,5-7H2,1-3H3/t10?,11-,12-,13+,14-,15-/m1/s1. The van der Waals surface area contributed by atoms with Crippen LogP contribution in [0.3, 0.4) is 0 Å². The molecule has 0 radical (unpaired) electrons. The Balaban J connectivity index is 2.04. The lowest BCUT2D eigenvalue weighted by molar-refractivity contribution is -0.303. The molecule has 4 N–H and O–H groups in total. The van der Waals surface area contributed by atoms with Crippen molar-refractivity contribution in [2.24, 2.45) is 11.3 Å². The van der Waals surface area contributed by atoms with Gasteiger partial charge in [-0.1, -0.05) is 19.4 Å². The van der Waals surface area contributed by atoms with Crippen molar-refractivity contribution in [3.05, 3.63) is 11.6 Å². The molecule has 0 aromatic carbocycles. The van der Waals surface area contributed by atoms with Crippen molar-refractivity contribution in [2.45, 2.75) is 57.9 Å². The minimum Gasteiger partial charge on any atom is -0.394 e. The van der Waals surface area contributed by atoms with E-state index in [1.54, 1.807) is 6.08 Å². The molecule has 1 heterocycles. The topological polar surface area (TPSA) is 116 Å². The summed E-state index contributed by atoms with van der Waals surface area (Å²) in [5.41, 5.74) is 0.611. The van der Waals surface area contributed by atoms with Crippen LogP contribution in [-0.4, -0.2) is 70.1 Å². The van der Waals surface area contributed by atoms with E-state index in [0.717, 1.165) is 5.57 Å². The van der Waals surface area contributed by atoms with Gasteiger partial charge in [-0.15, -0.1) is 0 Å². The highest BCUT2D eigenvalue weighted by Gasteiger charge is 2.45. The van der Waals surface area contributed by atoms with Crippen molar-refractivity contribution in [1.82, 2.24) is 0 Å². The van der Waals surface area contributed by atoms with E-state index in [0.29, 0.717) is 6.42 Å². The second kappa shape index (κ2) is 6.96. The fourth-order valence-electron chi connectivity index (χ4n) is 3.35. The molecule has 1 aliphatic heterocycles. The molecule has 23 heavy (non-hydrogen) atoms. The predicted octanol–water partition coefficient (Wildman–Crippen LogP) is -0.636. The first-order valence-corrected chi connectivity index (χ1v) is 7.80. The molecule has 1 aliphatic carbocycles. The van der Waals surface area contributed by atoms with Crippen molar-refractivity contribution in [2.75, 3.05) is 13.2 Å². The Bertz CT molecular complexity index is 471. The molecule has 1 fully saturated rings. The number of carbonyl (C=O) groups is 1. The summed E-state index contributed by atoms with van der Waals surface area (Å²) < 4.78 is 10.9. The van der Waals surface area contributed by atoms with Gasteiger partial charge in [0.2, 0.25) is 0 Å².